The van der Waals surface area contributed by atoms with Gasteiger partial charge in [-0.25, -0.2) is 9.97 Å². The summed E-state index contributed by atoms with van der Waals surface area (Å²) in [4.78, 5) is 27.1. The zero-order chi connectivity index (χ0) is 25.5. The van der Waals surface area contributed by atoms with Crippen LogP contribution in [0.3, 0.4) is 0 Å². The molecule has 3 aromatic rings. The van der Waals surface area contributed by atoms with Crippen LogP contribution >= 0.6 is 0 Å². The van der Waals surface area contributed by atoms with Gasteiger partial charge in [0.05, 0.1) is 23.7 Å². The van der Waals surface area contributed by atoms with Crippen LogP contribution < -0.4 is 9.80 Å². The fourth-order valence-corrected chi connectivity index (χ4v) is 4.68. The number of para-hydroxylation sites is 2. The first-order valence-corrected chi connectivity index (χ1v) is 12.9. The average Bonchev–Trinajstić information content (AvgIpc) is 2.90. The van der Waals surface area contributed by atoms with Crippen LogP contribution in [0, 0.1) is 25.2 Å². The second-order valence-electron chi connectivity index (χ2n) is 9.40. The Morgan fingerprint density at radius 1 is 0.972 bits per heavy atom. The molecule has 0 aliphatic carbocycles. The number of hydrogen-bond acceptors (Lipinski definition) is 7. The number of carbonyl (C=O) groups is 1. The molecule has 7 heteroatoms. The summed E-state index contributed by atoms with van der Waals surface area (Å²) in [5, 5.41) is 9.99. The molecule has 4 rings (SSSR count). The first-order valence-electron chi connectivity index (χ1n) is 12.9. The topological polar surface area (TPSA) is 82.3 Å². The third-order valence-corrected chi connectivity index (χ3v) is 6.95. The van der Waals surface area contributed by atoms with Gasteiger partial charge in [-0.05, 0) is 49.6 Å². The molecule has 1 aliphatic heterocycles. The molecule has 188 valence electrons. The molecule has 2 heterocycles. The normalized spacial score (nSPS) is 14.5. The molecule has 0 spiro atoms. The minimum atomic E-state index is -1.11. The number of fused-ring (bicyclic) bond motifs is 1. The average molecular weight is 486 g/mol. The lowest BCUT2D eigenvalue weighted by molar-refractivity contribution is -0.144. The molecule has 7 nitrogen and oxygen atoms in total. The van der Waals surface area contributed by atoms with Crippen LogP contribution in [-0.2, 0) is 9.53 Å². The second-order valence-corrected chi connectivity index (χ2v) is 9.40. The monoisotopic (exact) mass is 485 g/mol. The molecule has 1 saturated heterocycles. The summed E-state index contributed by atoms with van der Waals surface area (Å²) < 4.78 is 5.49. The minimum absolute atomic E-state index is 0.321. The van der Waals surface area contributed by atoms with E-state index < -0.39 is 11.9 Å². The molecule has 0 bridgehead atoms. The van der Waals surface area contributed by atoms with Gasteiger partial charge in [0.15, 0.2) is 11.7 Å². The molecule has 36 heavy (non-hydrogen) atoms. The highest BCUT2D eigenvalue weighted by molar-refractivity contribution is 5.85. The minimum Gasteiger partial charge on any atom is -0.464 e. The molecule has 0 radical (unpaired) electrons. The number of anilines is 2. The SMILES string of the molecule is CCCCCCOC(=O)C(C#N)c1nc2ccccc2nc1N1CCN(c2cccc(C)c2C)CC1. The van der Waals surface area contributed by atoms with Gasteiger partial charge in [-0.1, -0.05) is 50.5 Å². The maximum Gasteiger partial charge on any atom is 0.329 e. The van der Waals surface area contributed by atoms with Gasteiger partial charge < -0.3 is 14.5 Å². The van der Waals surface area contributed by atoms with Gasteiger partial charge in [0.1, 0.15) is 5.69 Å². The third kappa shape index (κ3) is 5.59. The van der Waals surface area contributed by atoms with Crippen LogP contribution in [0.5, 0.6) is 0 Å². The molecular weight excluding hydrogens is 450 g/mol. The van der Waals surface area contributed by atoms with Crippen molar-refractivity contribution >= 4 is 28.5 Å². The van der Waals surface area contributed by atoms with Crippen LogP contribution in [-0.4, -0.2) is 48.7 Å². The summed E-state index contributed by atoms with van der Waals surface area (Å²) in [7, 11) is 0. The Labute approximate surface area is 213 Å². The molecular formula is C29H35N5O2. The number of nitriles is 1. The largest absolute Gasteiger partial charge is 0.464 e. The number of aromatic nitrogens is 2. The zero-order valence-electron chi connectivity index (χ0n) is 21.5. The highest BCUT2D eigenvalue weighted by Gasteiger charge is 2.31. The van der Waals surface area contributed by atoms with E-state index in [1.165, 1.54) is 16.8 Å². The Bertz CT molecular complexity index is 1240. The van der Waals surface area contributed by atoms with Crippen LogP contribution in [0.1, 0.15) is 55.3 Å². The van der Waals surface area contributed by atoms with E-state index >= 15 is 0 Å². The van der Waals surface area contributed by atoms with Crippen molar-refractivity contribution in [3.63, 3.8) is 0 Å². The van der Waals surface area contributed by atoms with Crippen molar-refractivity contribution in [3.8, 4) is 6.07 Å². The van der Waals surface area contributed by atoms with E-state index in [0.717, 1.165) is 57.4 Å². The van der Waals surface area contributed by atoms with Crippen LogP contribution in [0.4, 0.5) is 11.5 Å². The van der Waals surface area contributed by atoms with E-state index in [1.807, 2.05) is 24.3 Å². The van der Waals surface area contributed by atoms with Gasteiger partial charge in [0, 0.05) is 31.9 Å². The van der Waals surface area contributed by atoms with E-state index in [4.69, 9.17) is 14.7 Å². The summed E-state index contributed by atoms with van der Waals surface area (Å²) in [5.41, 5.74) is 5.63. The van der Waals surface area contributed by atoms with E-state index in [1.54, 1.807) is 0 Å². The lowest BCUT2D eigenvalue weighted by Crippen LogP contribution is -2.47. The van der Waals surface area contributed by atoms with Crippen molar-refractivity contribution < 1.29 is 9.53 Å². The van der Waals surface area contributed by atoms with Crippen molar-refractivity contribution in [1.82, 2.24) is 9.97 Å². The Kier molecular flexibility index (Phi) is 8.37. The fraction of sp³-hybridized carbons (Fsp3) is 0.448. The Morgan fingerprint density at radius 3 is 2.36 bits per heavy atom. The quantitative estimate of drug-likeness (QED) is 0.300. The second kappa shape index (κ2) is 11.9. The fourth-order valence-electron chi connectivity index (χ4n) is 4.68. The van der Waals surface area contributed by atoms with E-state index in [-0.39, 0.29) is 0 Å². The van der Waals surface area contributed by atoms with Crippen molar-refractivity contribution in [3.05, 3.63) is 59.3 Å². The molecule has 1 fully saturated rings. The van der Waals surface area contributed by atoms with Gasteiger partial charge in [-0.15, -0.1) is 0 Å². The van der Waals surface area contributed by atoms with Gasteiger partial charge in [0.25, 0.3) is 0 Å². The van der Waals surface area contributed by atoms with Crippen molar-refractivity contribution in [2.45, 2.75) is 52.4 Å². The number of unbranched alkanes of at least 4 members (excludes halogenated alkanes) is 3. The van der Waals surface area contributed by atoms with Crippen LogP contribution in [0.15, 0.2) is 42.5 Å². The summed E-state index contributed by atoms with van der Waals surface area (Å²) in [6.45, 7) is 9.83. The number of aryl methyl sites for hydroxylation is 1. The van der Waals surface area contributed by atoms with Gasteiger partial charge >= 0.3 is 5.97 Å². The summed E-state index contributed by atoms with van der Waals surface area (Å²) in [6, 6.07) is 16.1. The smallest absolute Gasteiger partial charge is 0.329 e. The predicted molar refractivity (Wildman–Crippen MR) is 143 cm³/mol. The lowest BCUT2D eigenvalue weighted by Gasteiger charge is -2.38. The van der Waals surface area contributed by atoms with Crippen LogP contribution in [0.25, 0.3) is 11.0 Å². The lowest BCUT2D eigenvalue weighted by atomic mass is 10.0. The third-order valence-electron chi connectivity index (χ3n) is 6.95. The standard InChI is InChI=1S/C29H35N5O2/c1-4-5-6-9-19-36-29(35)23(20-30)27-28(32-25-13-8-7-12-24(25)31-27)34-17-15-33(16-18-34)26-14-10-11-21(2)22(26)3/h7-8,10-14,23H,4-6,9,15-19H2,1-3H3. The molecule has 1 atom stereocenters. The number of nitrogens with zero attached hydrogens (tertiary/aromatic N) is 5. The molecule has 0 saturated carbocycles. The summed E-state index contributed by atoms with van der Waals surface area (Å²) in [5.74, 6) is -1.06. The van der Waals surface area contributed by atoms with E-state index in [0.29, 0.717) is 23.6 Å². The zero-order valence-corrected chi connectivity index (χ0v) is 21.5. The highest BCUT2D eigenvalue weighted by Crippen LogP contribution is 2.30. The number of esters is 1. The molecule has 1 aromatic heterocycles. The maximum atomic E-state index is 12.9. The number of benzene rings is 2. The number of rotatable bonds is 9. The first kappa shape index (κ1) is 25.4. The molecule has 0 N–H and O–H groups in total. The van der Waals surface area contributed by atoms with Gasteiger partial charge in [0.2, 0.25) is 0 Å². The van der Waals surface area contributed by atoms with Gasteiger partial charge in [-0.3, -0.25) is 4.79 Å². The van der Waals surface area contributed by atoms with Gasteiger partial charge in [-0.2, -0.15) is 5.26 Å². The molecule has 0 amide bonds. The van der Waals surface area contributed by atoms with E-state index in [2.05, 4.69) is 54.8 Å². The highest BCUT2D eigenvalue weighted by atomic mass is 16.5. The Balaban J connectivity index is 1.57. The summed E-state index contributed by atoms with van der Waals surface area (Å²) >= 11 is 0. The van der Waals surface area contributed by atoms with Crippen molar-refractivity contribution in [1.29, 1.82) is 5.26 Å². The number of carbonyl (C=O) groups excluding carboxylic acids is 1. The Hall–Kier alpha value is -3.66. The predicted octanol–water partition coefficient (Wildman–Crippen LogP) is 5.30. The van der Waals surface area contributed by atoms with E-state index in [9.17, 15) is 10.1 Å². The van der Waals surface area contributed by atoms with Crippen molar-refractivity contribution in [2.24, 2.45) is 0 Å². The number of piperazine rings is 1. The molecule has 2 aromatic carbocycles. The molecule has 1 unspecified atom stereocenters. The maximum absolute atomic E-state index is 12.9. The number of hydrogen-bond donors (Lipinski definition) is 0. The first-order chi connectivity index (χ1) is 17.5. The molecule has 1 aliphatic rings. The van der Waals surface area contributed by atoms with Crippen molar-refractivity contribution in [2.75, 3.05) is 42.6 Å². The van der Waals surface area contributed by atoms with Crippen LogP contribution in [0.2, 0.25) is 0 Å². The summed E-state index contributed by atoms with van der Waals surface area (Å²) in [6.07, 6.45) is 4.02. The Morgan fingerprint density at radius 2 is 1.67 bits per heavy atom. The number of ether oxygens (including phenoxy) is 1.